The van der Waals surface area contributed by atoms with Crippen LogP contribution in [0.4, 0.5) is 0 Å². The van der Waals surface area contributed by atoms with Crippen LogP contribution in [0.3, 0.4) is 0 Å². The first-order valence-corrected chi connectivity index (χ1v) is 18.2. The topological polar surface area (TPSA) is 43.4 Å². The molecule has 0 atom stereocenters. The first-order chi connectivity index (χ1) is 10.8. The van der Waals surface area contributed by atoms with E-state index in [0.29, 0.717) is 21.1 Å². The van der Waals surface area contributed by atoms with Crippen LogP contribution in [0.2, 0.25) is 14.8 Å². The van der Waals surface area contributed by atoms with Gasteiger partial charge in [-0.15, -0.1) is 0 Å². The zero-order chi connectivity index (χ0) is 17.5. The molecule has 1 aromatic rings. The minimum absolute atomic E-state index is 0.0197. The van der Waals surface area contributed by atoms with Crippen LogP contribution < -0.4 is 0 Å². The number of hydrogen-bond donors (Lipinski definition) is 0. The molecule has 0 radical (unpaired) electrons. The Bertz CT molecular complexity index is 568. The van der Waals surface area contributed by atoms with E-state index in [1.807, 2.05) is 30.3 Å². The number of benzene rings is 1. The maximum atomic E-state index is 13.0. The third kappa shape index (κ3) is 5.79. The van der Waals surface area contributed by atoms with Crippen molar-refractivity contribution in [2.45, 2.75) is 47.4 Å². The van der Waals surface area contributed by atoms with Crippen molar-refractivity contribution in [3.63, 3.8) is 0 Å². The zero-order valence-corrected chi connectivity index (χ0v) is 17.8. The molecule has 0 N–H and O–H groups in total. The van der Waals surface area contributed by atoms with Crippen LogP contribution in [0.25, 0.3) is 0 Å². The zero-order valence-electron chi connectivity index (χ0n) is 14.9. The number of unbranched alkanes of at least 4 members (excludes halogenated alkanes) is 2. The van der Waals surface area contributed by atoms with Gasteiger partial charge in [-0.05, 0) is 0 Å². The number of hydrogen-bond acceptors (Lipinski definition) is 3. The van der Waals surface area contributed by atoms with Gasteiger partial charge in [0.2, 0.25) is 0 Å². The standard InChI is InChI=1S/C16H19O3.3CH3.Sn/c1-3-4-6-11-14(12-15(17)19-2)16(18)13-9-7-5-8-10-13;;;;/h5,7-10H,3-4,6,11H2,1-2H3;3*1H3;. The molecule has 1 rings (SSSR count). The van der Waals surface area contributed by atoms with Gasteiger partial charge in [-0.25, -0.2) is 0 Å². The van der Waals surface area contributed by atoms with Crippen molar-refractivity contribution in [3.8, 4) is 0 Å². The summed E-state index contributed by atoms with van der Waals surface area (Å²) >= 11 is -2.80. The van der Waals surface area contributed by atoms with Crippen molar-refractivity contribution in [1.82, 2.24) is 0 Å². The second-order valence-electron chi connectivity index (χ2n) is 6.75. The molecule has 126 valence electrons. The summed E-state index contributed by atoms with van der Waals surface area (Å²) in [6.07, 6.45) is 3.71. The molecule has 0 saturated carbocycles. The van der Waals surface area contributed by atoms with Crippen molar-refractivity contribution < 1.29 is 14.3 Å². The van der Waals surface area contributed by atoms with E-state index in [2.05, 4.69) is 21.7 Å². The molecule has 0 unspecified atom stereocenters. The first kappa shape index (κ1) is 19.9. The van der Waals surface area contributed by atoms with Crippen molar-refractivity contribution in [2.75, 3.05) is 7.11 Å². The Morgan fingerprint density at radius 1 is 1.04 bits per heavy atom. The minimum atomic E-state index is -2.80. The van der Waals surface area contributed by atoms with Crippen LogP contribution in [0, 0.1) is 0 Å². The summed E-state index contributed by atoms with van der Waals surface area (Å²) in [6.45, 7) is 2.13. The van der Waals surface area contributed by atoms with E-state index in [0.717, 1.165) is 19.3 Å². The Labute approximate surface area is 144 Å². The van der Waals surface area contributed by atoms with E-state index in [1.54, 1.807) is 0 Å². The number of carbonyl (C=O) groups is 2. The molecule has 0 amide bonds. The van der Waals surface area contributed by atoms with E-state index < -0.39 is 18.4 Å². The number of carbonyl (C=O) groups excluding carboxylic acids is 2. The second kappa shape index (κ2) is 9.26. The van der Waals surface area contributed by atoms with Crippen LogP contribution in [0.1, 0.15) is 43.0 Å². The second-order valence-corrected chi connectivity index (χ2v) is 21.0. The van der Waals surface area contributed by atoms with Crippen LogP contribution in [0.15, 0.2) is 39.5 Å². The molecular formula is C19H28O3Sn. The number of rotatable bonds is 8. The van der Waals surface area contributed by atoms with Gasteiger partial charge in [0.25, 0.3) is 0 Å². The molecule has 0 aliphatic heterocycles. The Hall–Kier alpha value is -1.10. The van der Waals surface area contributed by atoms with Gasteiger partial charge in [0.1, 0.15) is 0 Å². The predicted molar refractivity (Wildman–Crippen MR) is 97.3 cm³/mol. The fourth-order valence-electron chi connectivity index (χ4n) is 2.65. The van der Waals surface area contributed by atoms with Gasteiger partial charge < -0.3 is 0 Å². The van der Waals surface area contributed by atoms with Gasteiger partial charge in [-0.3, -0.25) is 0 Å². The van der Waals surface area contributed by atoms with Gasteiger partial charge >= 0.3 is 144 Å². The third-order valence-electron chi connectivity index (χ3n) is 3.78. The fourth-order valence-corrected chi connectivity index (χ4v) is 7.96. The van der Waals surface area contributed by atoms with E-state index in [9.17, 15) is 9.59 Å². The Morgan fingerprint density at radius 2 is 1.65 bits per heavy atom. The van der Waals surface area contributed by atoms with E-state index in [4.69, 9.17) is 4.74 Å². The maximum absolute atomic E-state index is 13.0. The summed E-state index contributed by atoms with van der Waals surface area (Å²) in [5.41, 5.74) is 1.33. The van der Waals surface area contributed by atoms with Crippen LogP contribution >= 0.6 is 0 Å². The molecule has 0 aliphatic carbocycles. The fraction of sp³-hybridized carbons (Fsp3) is 0.474. The number of ether oxygens (including phenoxy) is 1. The third-order valence-corrected chi connectivity index (χ3v) is 9.51. The average Bonchev–Trinajstić information content (AvgIpc) is 2.52. The molecule has 3 nitrogen and oxygen atoms in total. The van der Waals surface area contributed by atoms with Gasteiger partial charge in [-0.2, -0.15) is 0 Å². The molecule has 0 aliphatic rings. The Kier molecular flexibility index (Phi) is 8.03. The van der Waals surface area contributed by atoms with Gasteiger partial charge in [-0.1, -0.05) is 0 Å². The van der Waals surface area contributed by atoms with Crippen LogP contribution in [-0.4, -0.2) is 37.2 Å². The average molecular weight is 423 g/mol. The number of methoxy groups -OCH3 is 1. The quantitative estimate of drug-likeness (QED) is 0.199. The molecule has 0 fully saturated rings. The molecule has 0 spiro atoms. The number of ketones is 1. The molecular weight excluding hydrogens is 395 g/mol. The van der Waals surface area contributed by atoms with E-state index >= 15 is 0 Å². The SMILES string of the molecule is CCCCC/C(C(=O)c1ccccc1)=[C](\C(=O)OC)[Sn]([CH3])([CH3])[CH3]. The summed E-state index contributed by atoms with van der Waals surface area (Å²) in [5.74, 6) is -0.335. The van der Waals surface area contributed by atoms with Gasteiger partial charge in [0.15, 0.2) is 0 Å². The van der Waals surface area contributed by atoms with Crippen molar-refractivity contribution in [2.24, 2.45) is 0 Å². The molecule has 0 aromatic heterocycles. The van der Waals surface area contributed by atoms with Crippen LogP contribution in [0.5, 0.6) is 0 Å². The van der Waals surface area contributed by atoms with Crippen molar-refractivity contribution in [1.29, 1.82) is 0 Å². The van der Waals surface area contributed by atoms with Crippen LogP contribution in [-0.2, 0) is 9.53 Å². The van der Waals surface area contributed by atoms with Crippen molar-refractivity contribution in [3.05, 3.63) is 45.1 Å². The monoisotopic (exact) mass is 424 g/mol. The molecule has 0 bridgehead atoms. The molecule has 4 heteroatoms. The van der Waals surface area contributed by atoms with Gasteiger partial charge in [0, 0.05) is 0 Å². The molecule has 0 saturated heterocycles. The number of esters is 1. The molecule has 23 heavy (non-hydrogen) atoms. The first-order valence-electron chi connectivity index (χ1n) is 8.24. The van der Waals surface area contributed by atoms with E-state index in [-0.39, 0.29) is 11.8 Å². The summed E-state index contributed by atoms with van der Waals surface area (Å²) in [4.78, 5) is 31.9. The normalized spacial score (nSPS) is 12.6. The summed E-state index contributed by atoms with van der Waals surface area (Å²) in [7, 11) is 1.40. The van der Waals surface area contributed by atoms with Gasteiger partial charge in [0.05, 0.1) is 0 Å². The predicted octanol–water partition coefficient (Wildman–Crippen LogP) is 4.80. The summed E-state index contributed by atoms with van der Waals surface area (Å²) in [6, 6.07) is 9.23. The summed E-state index contributed by atoms with van der Waals surface area (Å²) in [5, 5.41) is 0. The summed E-state index contributed by atoms with van der Waals surface area (Å²) < 4.78 is 5.72. The van der Waals surface area contributed by atoms with Crippen molar-refractivity contribution >= 4 is 30.1 Å². The van der Waals surface area contributed by atoms with E-state index in [1.165, 1.54) is 7.11 Å². The Balaban J connectivity index is 3.38. The Morgan fingerprint density at radius 3 is 2.13 bits per heavy atom. The number of allylic oxidation sites excluding steroid dienone is 1. The number of Topliss-reactive ketones (excluding diaryl/α,β-unsaturated/α-hetero) is 1. The molecule has 0 heterocycles. The molecule has 1 aromatic carbocycles.